The molecular formula is C10H14BrFO. The van der Waals surface area contributed by atoms with Gasteiger partial charge in [0.1, 0.15) is 5.82 Å². The highest BCUT2D eigenvalue weighted by Gasteiger charge is 2.04. The number of halogens is 2. The van der Waals surface area contributed by atoms with E-state index >= 15 is 0 Å². The minimum atomic E-state index is -0.323. The van der Waals surface area contributed by atoms with Gasteiger partial charge in [0.25, 0.3) is 0 Å². The molecular weight excluding hydrogens is 235 g/mol. The van der Waals surface area contributed by atoms with Gasteiger partial charge in [-0.05, 0) is 24.6 Å². The molecule has 1 N–H and O–H groups in total. The molecule has 0 radical (unpaired) electrons. The van der Waals surface area contributed by atoms with Gasteiger partial charge in [-0.1, -0.05) is 29.8 Å². The van der Waals surface area contributed by atoms with E-state index in [2.05, 4.69) is 15.9 Å². The summed E-state index contributed by atoms with van der Waals surface area (Å²) in [5, 5.41) is 8.71. The Morgan fingerprint density at radius 1 is 1.38 bits per heavy atom. The van der Waals surface area contributed by atoms with Gasteiger partial charge in [0, 0.05) is 10.0 Å². The Labute approximate surface area is 86.7 Å². The van der Waals surface area contributed by atoms with Crippen molar-refractivity contribution in [1.29, 1.82) is 0 Å². The van der Waals surface area contributed by atoms with Crippen LogP contribution in [0, 0.1) is 12.7 Å². The van der Waals surface area contributed by atoms with Crippen molar-refractivity contribution in [2.24, 2.45) is 0 Å². The molecule has 0 saturated heterocycles. The van der Waals surface area contributed by atoms with Gasteiger partial charge in [-0.2, -0.15) is 0 Å². The lowest BCUT2D eigenvalue weighted by Crippen LogP contribution is -1.92. The highest BCUT2D eigenvalue weighted by molar-refractivity contribution is 9.10. The number of aliphatic hydroxyl groups is 1. The molecule has 0 bridgehead atoms. The van der Waals surface area contributed by atoms with Crippen molar-refractivity contribution < 1.29 is 9.50 Å². The van der Waals surface area contributed by atoms with Crippen LogP contribution in [0.3, 0.4) is 0 Å². The number of rotatable bonds is 1. The molecule has 0 aromatic heterocycles. The first-order valence-electron chi connectivity index (χ1n) is 4.20. The monoisotopic (exact) mass is 248 g/mol. The first-order valence-corrected chi connectivity index (χ1v) is 5.00. The second-order valence-electron chi connectivity index (χ2n) is 2.35. The lowest BCUT2D eigenvalue weighted by Gasteiger charge is -2.02. The lowest BCUT2D eigenvalue weighted by molar-refractivity contribution is 0.275. The molecule has 0 spiro atoms. The Hall–Kier alpha value is -0.410. The Morgan fingerprint density at radius 2 is 1.92 bits per heavy atom. The van der Waals surface area contributed by atoms with Crippen LogP contribution in [0.4, 0.5) is 4.39 Å². The first kappa shape index (κ1) is 12.6. The van der Waals surface area contributed by atoms with Gasteiger partial charge < -0.3 is 5.11 Å². The molecule has 1 rings (SSSR count). The third kappa shape index (κ3) is 3.44. The molecule has 0 saturated carbocycles. The highest BCUT2D eigenvalue weighted by atomic mass is 79.9. The van der Waals surface area contributed by atoms with Crippen molar-refractivity contribution in [3.8, 4) is 0 Å². The Balaban J connectivity index is 0.000000671. The zero-order valence-corrected chi connectivity index (χ0v) is 9.65. The largest absolute Gasteiger partial charge is 0.392 e. The van der Waals surface area contributed by atoms with Crippen LogP contribution in [0.2, 0.25) is 0 Å². The molecule has 0 unspecified atom stereocenters. The highest BCUT2D eigenvalue weighted by Crippen LogP contribution is 2.19. The summed E-state index contributed by atoms with van der Waals surface area (Å²) in [6.07, 6.45) is 0. The molecule has 13 heavy (non-hydrogen) atoms. The molecule has 1 nitrogen and oxygen atoms in total. The van der Waals surface area contributed by atoms with Crippen LogP contribution in [-0.2, 0) is 6.61 Å². The molecule has 0 atom stereocenters. The van der Waals surface area contributed by atoms with Crippen LogP contribution in [0.5, 0.6) is 0 Å². The fourth-order valence-electron chi connectivity index (χ4n) is 0.910. The quantitative estimate of drug-likeness (QED) is 0.808. The van der Waals surface area contributed by atoms with Crippen molar-refractivity contribution in [3.63, 3.8) is 0 Å². The van der Waals surface area contributed by atoms with Crippen LogP contribution in [-0.4, -0.2) is 5.11 Å². The topological polar surface area (TPSA) is 20.2 Å². The average Bonchev–Trinajstić information content (AvgIpc) is 2.14. The summed E-state index contributed by atoms with van der Waals surface area (Å²) in [6.45, 7) is 5.41. The third-order valence-electron chi connectivity index (χ3n) is 1.46. The van der Waals surface area contributed by atoms with Crippen LogP contribution in [0.25, 0.3) is 0 Å². The summed E-state index contributed by atoms with van der Waals surface area (Å²) in [5.74, 6) is -0.323. The van der Waals surface area contributed by atoms with E-state index in [0.29, 0.717) is 11.1 Å². The van der Waals surface area contributed by atoms with Crippen LogP contribution >= 0.6 is 15.9 Å². The Morgan fingerprint density at radius 3 is 2.38 bits per heavy atom. The summed E-state index contributed by atoms with van der Waals surface area (Å²) in [7, 11) is 0. The molecule has 0 aliphatic heterocycles. The predicted molar refractivity (Wildman–Crippen MR) is 56.1 cm³/mol. The van der Waals surface area contributed by atoms with E-state index in [9.17, 15) is 4.39 Å². The molecule has 0 aliphatic rings. The SMILES string of the molecule is CC.Cc1cc(Br)cc(CO)c1F. The molecule has 0 heterocycles. The molecule has 1 aromatic carbocycles. The Kier molecular flexibility index (Phi) is 5.91. The maximum Gasteiger partial charge on any atom is 0.131 e. The second kappa shape index (κ2) is 6.11. The fourth-order valence-corrected chi connectivity index (χ4v) is 1.53. The van der Waals surface area contributed by atoms with E-state index in [1.807, 2.05) is 13.8 Å². The molecule has 0 fully saturated rings. The van der Waals surface area contributed by atoms with Crippen molar-refractivity contribution in [2.75, 3.05) is 0 Å². The smallest absolute Gasteiger partial charge is 0.131 e. The van der Waals surface area contributed by atoms with Crippen molar-refractivity contribution >= 4 is 15.9 Å². The minimum Gasteiger partial charge on any atom is -0.392 e. The van der Waals surface area contributed by atoms with E-state index in [4.69, 9.17) is 5.11 Å². The zero-order chi connectivity index (χ0) is 10.4. The van der Waals surface area contributed by atoms with Gasteiger partial charge in [-0.3, -0.25) is 0 Å². The standard InChI is InChI=1S/C8H8BrFO.C2H6/c1-5-2-7(9)3-6(4-11)8(5)10;1-2/h2-3,11H,4H2,1H3;1-2H3. The number of aliphatic hydroxyl groups excluding tert-OH is 1. The zero-order valence-electron chi connectivity index (χ0n) is 8.06. The molecule has 3 heteroatoms. The van der Waals surface area contributed by atoms with Gasteiger partial charge in [-0.25, -0.2) is 4.39 Å². The van der Waals surface area contributed by atoms with Gasteiger partial charge in [0.15, 0.2) is 0 Å². The lowest BCUT2D eigenvalue weighted by atomic mass is 10.1. The number of hydrogen-bond donors (Lipinski definition) is 1. The van der Waals surface area contributed by atoms with Gasteiger partial charge in [-0.15, -0.1) is 0 Å². The van der Waals surface area contributed by atoms with E-state index in [1.165, 1.54) is 0 Å². The van der Waals surface area contributed by atoms with E-state index in [1.54, 1.807) is 19.1 Å². The van der Waals surface area contributed by atoms with Gasteiger partial charge >= 0.3 is 0 Å². The summed E-state index contributed by atoms with van der Waals surface area (Å²) < 4.78 is 13.8. The average molecular weight is 249 g/mol. The third-order valence-corrected chi connectivity index (χ3v) is 1.92. The summed E-state index contributed by atoms with van der Waals surface area (Å²) in [6, 6.07) is 3.25. The van der Waals surface area contributed by atoms with Crippen LogP contribution in [0.15, 0.2) is 16.6 Å². The Bertz CT molecular complexity index is 274. The first-order chi connectivity index (χ1) is 6.15. The normalized spacial score (nSPS) is 9.08. The van der Waals surface area contributed by atoms with Gasteiger partial charge in [0.2, 0.25) is 0 Å². The molecule has 0 amide bonds. The van der Waals surface area contributed by atoms with E-state index in [0.717, 1.165) is 4.47 Å². The fraction of sp³-hybridized carbons (Fsp3) is 0.400. The summed E-state index contributed by atoms with van der Waals surface area (Å²) in [5.41, 5.74) is 0.875. The van der Waals surface area contributed by atoms with Crippen molar-refractivity contribution in [2.45, 2.75) is 27.4 Å². The van der Waals surface area contributed by atoms with Gasteiger partial charge in [0.05, 0.1) is 6.61 Å². The van der Waals surface area contributed by atoms with Crippen LogP contribution in [0.1, 0.15) is 25.0 Å². The molecule has 1 aromatic rings. The minimum absolute atomic E-state index is 0.258. The maximum atomic E-state index is 13.0. The summed E-state index contributed by atoms with van der Waals surface area (Å²) in [4.78, 5) is 0. The second-order valence-corrected chi connectivity index (χ2v) is 3.27. The van der Waals surface area contributed by atoms with E-state index in [-0.39, 0.29) is 12.4 Å². The van der Waals surface area contributed by atoms with E-state index < -0.39 is 0 Å². The predicted octanol–water partition coefficient (Wildman–Crippen LogP) is 3.42. The van der Waals surface area contributed by atoms with Crippen LogP contribution < -0.4 is 0 Å². The summed E-state index contributed by atoms with van der Waals surface area (Å²) >= 11 is 3.21. The number of benzene rings is 1. The van der Waals surface area contributed by atoms with Crippen molar-refractivity contribution in [1.82, 2.24) is 0 Å². The maximum absolute atomic E-state index is 13.0. The number of hydrogen-bond acceptors (Lipinski definition) is 1. The van der Waals surface area contributed by atoms with Crippen molar-refractivity contribution in [3.05, 3.63) is 33.5 Å². The number of aryl methyl sites for hydroxylation is 1. The molecule has 0 aliphatic carbocycles. The molecule has 74 valence electrons.